The highest BCUT2D eigenvalue weighted by atomic mass is 32.2. The first kappa shape index (κ1) is 42.6. The summed E-state index contributed by atoms with van der Waals surface area (Å²) in [5.74, 6) is -1.77. The lowest BCUT2D eigenvalue weighted by atomic mass is 10.1. The van der Waals surface area contributed by atoms with Gasteiger partial charge in [-0.3, -0.25) is 14.4 Å². The van der Waals surface area contributed by atoms with Crippen LogP contribution in [-0.2, 0) is 29.1 Å². The number of nitrogens with one attached hydrogen (secondary N) is 4. The van der Waals surface area contributed by atoms with Crippen LogP contribution in [0.25, 0.3) is 22.2 Å². The predicted octanol–water partition coefficient (Wildman–Crippen LogP) is 4.33. The predicted molar refractivity (Wildman–Crippen MR) is 221 cm³/mol. The number of fused-ring (bicyclic) bond motifs is 1. The van der Waals surface area contributed by atoms with Gasteiger partial charge in [-0.15, -0.1) is 6.58 Å². The molecule has 2 heterocycles. The van der Waals surface area contributed by atoms with Crippen LogP contribution in [0.3, 0.4) is 0 Å². The molecule has 1 saturated heterocycles. The van der Waals surface area contributed by atoms with Gasteiger partial charge in [-0.1, -0.05) is 54.6 Å². The van der Waals surface area contributed by atoms with Crippen LogP contribution in [0.15, 0.2) is 102 Å². The molecule has 1 aromatic heterocycles. The Kier molecular flexibility index (Phi) is 12.6. The zero-order valence-electron chi connectivity index (χ0n) is 33.7. The van der Waals surface area contributed by atoms with Crippen LogP contribution in [0.5, 0.6) is 11.5 Å². The van der Waals surface area contributed by atoms with E-state index >= 15 is 0 Å². The van der Waals surface area contributed by atoms with Gasteiger partial charge in [0.25, 0.3) is 15.9 Å². The fourth-order valence-electron chi connectivity index (χ4n) is 7.12. The zero-order chi connectivity index (χ0) is 42.5. The van der Waals surface area contributed by atoms with Gasteiger partial charge >= 0.3 is 6.09 Å². The van der Waals surface area contributed by atoms with Crippen molar-refractivity contribution in [2.75, 3.05) is 27.2 Å². The molecule has 0 unspecified atom stereocenters. The zero-order valence-corrected chi connectivity index (χ0v) is 34.5. The molecule has 1 aliphatic heterocycles. The van der Waals surface area contributed by atoms with Crippen LogP contribution in [-0.4, -0.2) is 98.7 Å². The van der Waals surface area contributed by atoms with Gasteiger partial charge < -0.3 is 35.1 Å². The van der Waals surface area contributed by atoms with Crippen LogP contribution in [0.2, 0.25) is 0 Å². The van der Waals surface area contributed by atoms with Gasteiger partial charge in [0.05, 0.1) is 29.8 Å². The van der Waals surface area contributed by atoms with E-state index in [9.17, 15) is 27.6 Å². The molecule has 0 radical (unpaired) electrons. The first-order chi connectivity index (χ1) is 28.1. The van der Waals surface area contributed by atoms with Crippen molar-refractivity contribution in [3.05, 3.63) is 97.6 Å². The van der Waals surface area contributed by atoms with Crippen molar-refractivity contribution in [1.29, 1.82) is 0 Å². The maximum atomic E-state index is 14.6. The van der Waals surface area contributed by atoms with Gasteiger partial charge in [-0.2, -0.15) is 0 Å². The number of ether oxygens (including phenoxy) is 3. The molecule has 4 N–H and O–H groups in total. The molecule has 1 saturated carbocycles. The van der Waals surface area contributed by atoms with Crippen molar-refractivity contribution in [1.82, 2.24) is 30.6 Å². The third kappa shape index (κ3) is 9.83. The van der Waals surface area contributed by atoms with Gasteiger partial charge in [0.2, 0.25) is 11.8 Å². The lowest BCUT2D eigenvalue weighted by Gasteiger charge is -2.30. The molecule has 4 amide bonds. The Balaban J connectivity index is 1.33. The molecule has 0 spiro atoms. The quantitative estimate of drug-likeness (QED) is 0.125. The van der Waals surface area contributed by atoms with Crippen LogP contribution < -0.4 is 30.1 Å². The van der Waals surface area contributed by atoms with E-state index in [4.69, 9.17) is 19.2 Å². The molecule has 312 valence electrons. The van der Waals surface area contributed by atoms with Crippen molar-refractivity contribution in [2.45, 2.75) is 74.3 Å². The third-order valence-electron chi connectivity index (χ3n) is 10.2. The molecule has 5 atom stereocenters. The van der Waals surface area contributed by atoms with E-state index in [0.29, 0.717) is 34.6 Å². The number of pyridine rings is 1. The normalized spacial score (nSPS) is 20.6. The number of sulfonamides is 1. The molecular formula is C43H50N6O9S. The van der Waals surface area contributed by atoms with Crippen LogP contribution in [0, 0.1) is 5.92 Å². The highest BCUT2D eigenvalue weighted by molar-refractivity contribution is 7.90. The van der Waals surface area contributed by atoms with E-state index in [-0.39, 0.29) is 30.7 Å². The summed E-state index contributed by atoms with van der Waals surface area (Å²) in [5, 5.41) is 9.13. The van der Waals surface area contributed by atoms with Crippen molar-refractivity contribution in [3.8, 4) is 22.8 Å². The van der Waals surface area contributed by atoms with Gasteiger partial charge in [0.1, 0.15) is 40.8 Å². The molecule has 15 nitrogen and oxygen atoms in total. The molecule has 1 aliphatic carbocycles. The number of methoxy groups -OCH3 is 1. The SMILES string of the molecule is C=C[C@H]1C[C@@]1(NC(=O)[C@@H]1C[C@@H](Oc2cc(-c3ccccc3)nc3cc(OC)ccc23)CN1C(=O)[C@H](CCNC)NC(=O)OC(C)(C)C)C(=O)NS(=O)(=O)c1ccccc1. The maximum absolute atomic E-state index is 14.6. The minimum absolute atomic E-state index is 0.0117. The molecular weight excluding hydrogens is 777 g/mol. The van der Waals surface area contributed by atoms with Gasteiger partial charge in [0, 0.05) is 35.4 Å². The minimum atomic E-state index is -4.29. The Bertz CT molecular complexity index is 2320. The number of carbonyl (C=O) groups is 4. The lowest BCUT2D eigenvalue weighted by Crippen LogP contribution is -2.58. The monoisotopic (exact) mass is 826 g/mol. The standard InChI is InChI=1S/C43H50N6O9S/c1-7-28-25-43(28,40(52)48-59(54,55)31-16-12-9-13-17-31)47-38(50)36-23-30(26-49(36)39(51)33(20-21-44-5)46-41(53)58-42(2,3)4)57-37-24-34(27-14-10-8-11-15-27)45-35-22-29(56-6)18-19-32(35)37/h7-19,22,24,28,30,33,36,44H,1,20-21,23,25-26H2,2-6H3,(H,46,53)(H,47,50)(H,48,52)/t28-,30+,33-,36-,43-/m0/s1. The molecule has 0 bridgehead atoms. The first-order valence-electron chi connectivity index (χ1n) is 19.3. The summed E-state index contributed by atoms with van der Waals surface area (Å²) in [4.78, 5) is 61.9. The lowest BCUT2D eigenvalue weighted by molar-refractivity contribution is -0.141. The number of carbonyl (C=O) groups excluding carboxylic acids is 4. The van der Waals surface area contributed by atoms with E-state index in [1.54, 1.807) is 59.2 Å². The van der Waals surface area contributed by atoms with E-state index in [1.807, 2.05) is 36.4 Å². The summed E-state index contributed by atoms with van der Waals surface area (Å²) in [6.45, 7) is 9.17. The maximum Gasteiger partial charge on any atom is 0.408 e. The Morgan fingerprint density at radius 1 is 1.02 bits per heavy atom. The molecule has 4 aromatic rings. The smallest absolute Gasteiger partial charge is 0.408 e. The largest absolute Gasteiger partial charge is 0.497 e. The molecule has 2 aliphatic rings. The fourth-order valence-corrected chi connectivity index (χ4v) is 8.18. The van der Waals surface area contributed by atoms with Gasteiger partial charge in [-0.05, 0) is 71.5 Å². The molecule has 2 fully saturated rings. The minimum Gasteiger partial charge on any atom is -0.497 e. The number of hydrogen-bond donors (Lipinski definition) is 4. The van der Waals surface area contributed by atoms with Crippen molar-refractivity contribution < 1.29 is 41.8 Å². The van der Waals surface area contributed by atoms with E-state index in [2.05, 4.69) is 27.3 Å². The second-order valence-electron chi connectivity index (χ2n) is 15.6. The second kappa shape index (κ2) is 17.5. The Hall–Kier alpha value is -6.00. The van der Waals surface area contributed by atoms with Crippen LogP contribution in [0.1, 0.15) is 40.0 Å². The molecule has 3 aromatic carbocycles. The number of benzene rings is 3. The molecule has 16 heteroatoms. The van der Waals surface area contributed by atoms with Gasteiger partial charge in [0.15, 0.2) is 0 Å². The van der Waals surface area contributed by atoms with Crippen LogP contribution >= 0.6 is 0 Å². The van der Waals surface area contributed by atoms with E-state index < -0.39 is 69.1 Å². The summed E-state index contributed by atoms with van der Waals surface area (Å²) in [6, 6.07) is 21.8. The summed E-state index contributed by atoms with van der Waals surface area (Å²) in [7, 11) is -1.02. The van der Waals surface area contributed by atoms with Crippen molar-refractivity contribution >= 4 is 44.7 Å². The average molecular weight is 827 g/mol. The highest BCUT2D eigenvalue weighted by Crippen LogP contribution is 2.45. The molecule has 6 rings (SSSR count). The summed E-state index contributed by atoms with van der Waals surface area (Å²) >= 11 is 0. The first-order valence-corrected chi connectivity index (χ1v) is 20.8. The fraction of sp³-hybridized carbons (Fsp3) is 0.372. The molecule has 59 heavy (non-hydrogen) atoms. The Morgan fingerprint density at radius 2 is 1.71 bits per heavy atom. The van der Waals surface area contributed by atoms with E-state index in [0.717, 1.165) is 5.56 Å². The Morgan fingerprint density at radius 3 is 2.34 bits per heavy atom. The topological polar surface area (TPSA) is 194 Å². The third-order valence-corrected chi connectivity index (χ3v) is 11.5. The van der Waals surface area contributed by atoms with Crippen molar-refractivity contribution in [2.24, 2.45) is 5.92 Å². The highest BCUT2D eigenvalue weighted by Gasteiger charge is 2.61. The number of likely N-dealkylation sites (tertiary alicyclic amines) is 1. The average Bonchev–Trinajstić information content (AvgIpc) is 3.77. The summed E-state index contributed by atoms with van der Waals surface area (Å²) in [6.07, 6.45) is 0.139. The summed E-state index contributed by atoms with van der Waals surface area (Å²) in [5.41, 5.74) is -0.447. The number of aromatic nitrogens is 1. The number of hydrogen-bond acceptors (Lipinski definition) is 11. The second-order valence-corrected chi connectivity index (χ2v) is 17.3. The summed E-state index contributed by atoms with van der Waals surface area (Å²) < 4.78 is 46.1. The van der Waals surface area contributed by atoms with Gasteiger partial charge in [-0.25, -0.2) is 22.9 Å². The van der Waals surface area contributed by atoms with Crippen LogP contribution in [0.4, 0.5) is 4.79 Å². The number of rotatable bonds is 15. The number of nitrogens with zero attached hydrogens (tertiary/aromatic N) is 2. The number of alkyl carbamates (subject to hydrolysis) is 1. The van der Waals surface area contributed by atoms with E-state index in [1.165, 1.54) is 35.2 Å². The Labute approximate surface area is 343 Å². The number of amides is 4. The van der Waals surface area contributed by atoms with Crippen molar-refractivity contribution in [3.63, 3.8) is 0 Å².